The van der Waals surface area contributed by atoms with E-state index in [1.54, 1.807) is 25.5 Å². The number of methoxy groups -OCH3 is 1. The standard InChI is InChI=1S/C10H12N6O2/c1-12-8-6(9(17)18-2)7(11)16(15-8)10-13-4-3-5-14-10/h3-5H,11H2,1-2H3,(H,12,15). The van der Waals surface area contributed by atoms with Gasteiger partial charge in [0, 0.05) is 19.4 Å². The van der Waals surface area contributed by atoms with Crippen LogP contribution in [0.3, 0.4) is 0 Å². The van der Waals surface area contributed by atoms with Crippen molar-refractivity contribution < 1.29 is 9.53 Å². The second kappa shape index (κ2) is 4.70. The van der Waals surface area contributed by atoms with E-state index in [1.807, 2.05) is 0 Å². The van der Waals surface area contributed by atoms with E-state index < -0.39 is 5.97 Å². The Morgan fingerprint density at radius 3 is 2.67 bits per heavy atom. The number of hydrogen-bond donors (Lipinski definition) is 2. The van der Waals surface area contributed by atoms with E-state index in [-0.39, 0.29) is 17.3 Å². The zero-order chi connectivity index (χ0) is 13.1. The summed E-state index contributed by atoms with van der Waals surface area (Å²) in [6.07, 6.45) is 3.11. The van der Waals surface area contributed by atoms with Crippen molar-refractivity contribution in [2.45, 2.75) is 0 Å². The molecule has 0 aliphatic rings. The fourth-order valence-electron chi connectivity index (χ4n) is 1.46. The topological polar surface area (TPSA) is 108 Å². The minimum absolute atomic E-state index is 0.123. The molecular formula is C10H12N6O2. The van der Waals surface area contributed by atoms with E-state index in [0.717, 1.165) is 0 Å². The number of esters is 1. The molecule has 8 nitrogen and oxygen atoms in total. The molecule has 2 aromatic rings. The molecule has 0 fully saturated rings. The highest BCUT2D eigenvalue weighted by Gasteiger charge is 2.23. The number of carbonyl (C=O) groups is 1. The van der Waals surface area contributed by atoms with Crippen molar-refractivity contribution in [3.63, 3.8) is 0 Å². The molecule has 94 valence electrons. The minimum Gasteiger partial charge on any atom is -0.465 e. The zero-order valence-electron chi connectivity index (χ0n) is 9.91. The van der Waals surface area contributed by atoms with Crippen molar-refractivity contribution in [3.05, 3.63) is 24.0 Å². The minimum atomic E-state index is -0.570. The molecular weight excluding hydrogens is 236 g/mol. The van der Waals surface area contributed by atoms with E-state index in [1.165, 1.54) is 11.8 Å². The number of carbonyl (C=O) groups excluding carboxylic acids is 1. The number of nitrogens with zero attached hydrogens (tertiary/aromatic N) is 4. The average molecular weight is 248 g/mol. The Hall–Kier alpha value is -2.64. The van der Waals surface area contributed by atoms with Crippen LogP contribution in [-0.2, 0) is 4.74 Å². The van der Waals surface area contributed by atoms with Gasteiger partial charge in [-0.3, -0.25) is 0 Å². The molecule has 0 saturated heterocycles. The number of hydrogen-bond acceptors (Lipinski definition) is 7. The lowest BCUT2D eigenvalue weighted by Crippen LogP contribution is -2.09. The van der Waals surface area contributed by atoms with Crippen LogP contribution in [0, 0.1) is 0 Å². The smallest absolute Gasteiger partial charge is 0.345 e. The summed E-state index contributed by atoms with van der Waals surface area (Å²) in [6.45, 7) is 0. The van der Waals surface area contributed by atoms with Gasteiger partial charge in [-0.25, -0.2) is 14.8 Å². The van der Waals surface area contributed by atoms with Crippen molar-refractivity contribution >= 4 is 17.6 Å². The molecule has 0 saturated carbocycles. The van der Waals surface area contributed by atoms with Crippen LogP contribution < -0.4 is 11.1 Å². The van der Waals surface area contributed by atoms with Gasteiger partial charge >= 0.3 is 5.97 Å². The first-order chi connectivity index (χ1) is 8.69. The first-order valence-electron chi connectivity index (χ1n) is 5.11. The van der Waals surface area contributed by atoms with Gasteiger partial charge in [0.15, 0.2) is 5.82 Å². The van der Waals surface area contributed by atoms with Gasteiger partial charge in [-0.15, -0.1) is 5.10 Å². The number of rotatable bonds is 3. The van der Waals surface area contributed by atoms with Crippen molar-refractivity contribution in [3.8, 4) is 5.95 Å². The Kier molecular flexibility index (Phi) is 3.09. The molecule has 0 bridgehead atoms. The molecule has 0 unspecified atom stereocenters. The summed E-state index contributed by atoms with van der Waals surface area (Å²) in [4.78, 5) is 19.6. The van der Waals surface area contributed by atoms with Gasteiger partial charge in [0.2, 0.25) is 0 Å². The van der Waals surface area contributed by atoms with E-state index in [4.69, 9.17) is 5.73 Å². The Labute approximate surface area is 103 Å². The maximum absolute atomic E-state index is 11.6. The molecule has 18 heavy (non-hydrogen) atoms. The number of ether oxygens (including phenoxy) is 1. The maximum Gasteiger partial charge on any atom is 0.345 e. The molecule has 0 aromatic carbocycles. The van der Waals surface area contributed by atoms with E-state index >= 15 is 0 Å². The van der Waals surface area contributed by atoms with Gasteiger partial charge in [-0.05, 0) is 6.07 Å². The highest BCUT2D eigenvalue weighted by molar-refractivity contribution is 5.99. The molecule has 0 spiro atoms. The van der Waals surface area contributed by atoms with Gasteiger partial charge in [0.05, 0.1) is 7.11 Å². The van der Waals surface area contributed by atoms with Gasteiger partial charge in [0.1, 0.15) is 11.4 Å². The van der Waals surface area contributed by atoms with Crippen molar-refractivity contribution in [2.24, 2.45) is 0 Å². The van der Waals surface area contributed by atoms with Gasteiger partial charge in [0.25, 0.3) is 5.95 Å². The number of aromatic nitrogens is 4. The van der Waals surface area contributed by atoms with E-state index in [2.05, 4.69) is 25.1 Å². The fraction of sp³-hybridized carbons (Fsp3) is 0.200. The summed E-state index contributed by atoms with van der Waals surface area (Å²) in [5, 5.41) is 6.90. The summed E-state index contributed by atoms with van der Waals surface area (Å²) in [6, 6.07) is 1.67. The van der Waals surface area contributed by atoms with Crippen molar-refractivity contribution in [2.75, 3.05) is 25.2 Å². The van der Waals surface area contributed by atoms with Crippen LogP contribution in [0.4, 0.5) is 11.6 Å². The van der Waals surface area contributed by atoms with E-state index in [0.29, 0.717) is 5.82 Å². The summed E-state index contributed by atoms with van der Waals surface area (Å²) in [5.41, 5.74) is 6.03. The zero-order valence-corrected chi connectivity index (χ0v) is 9.91. The third kappa shape index (κ3) is 1.83. The predicted molar refractivity (Wildman–Crippen MR) is 64.5 cm³/mol. The average Bonchev–Trinajstić information content (AvgIpc) is 2.76. The maximum atomic E-state index is 11.6. The molecule has 0 atom stereocenters. The Morgan fingerprint density at radius 2 is 2.11 bits per heavy atom. The lowest BCUT2D eigenvalue weighted by Gasteiger charge is -2.01. The second-order valence-corrected chi connectivity index (χ2v) is 3.31. The van der Waals surface area contributed by atoms with Gasteiger partial charge in [-0.2, -0.15) is 4.68 Å². The Balaban J connectivity index is 2.58. The molecule has 8 heteroatoms. The third-order valence-electron chi connectivity index (χ3n) is 2.29. The summed E-state index contributed by atoms with van der Waals surface area (Å²) in [5.74, 6) is 0.143. The molecule has 0 radical (unpaired) electrons. The van der Waals surface area contributed by atoms with Crippen molar-refractivity contribution in [1.29, 1.82) is 0 Å². The second-order valence-electron chi connectivity index (χ2n) is 3.31. The monoisotopic (exact) mass is 248 g/mol. The summed E-state index contributed by atoms with van der Waals surface area (Å²) in [7, 11) is 2.90. The quantitative estimate of drug-likeness (QED) is 0.740. The summed E-state index contributed by atoms with van der Waals surface area (Å²) < 4.78 is 5.93. The molecule has 0 aliphatic heterocycles. The SMILES string of the molecule is CNc1nn(-c2ncccn2)c(N)c1C(=O)OC. The third-order valence-corrected chi connectivity index (χ3v) is 2.29. The number of nitrogen functional groups attached to an aromatic ring is 1. The number of nitrogens with one attached hydrogen (secondary N) is 1. The molecule has 2 rings (SSSR count). The highest BCUT2D eigenvalue weighted by atomic mass is 16.5. The van der Waals surface area contributed by atoms with Gasteiger partial charge in [-0.1, -0.05) is 0 Å². The predicted octanol–water partition coefficient (Wildman–Crippen LogP) is 0.0728. The van der Waals surface area contributed by atoms with Crippen LogP contribution in [0.2, 0.25) is 0 Å². The van der Waals surface area contributed by atoms with Crippen LogP contribution in [0.15, 0.2) is 18.5 Å². The number of nitrogens with two attached hydrogens (primary N) is 1. The molecule has 3 N–H and O–H groups in total. The first-order valence-corrected chi connectivity index (χ1v) is 5.11. The molecule has 0 aliphatic carbocycles. The first kappa shape index (κ1) is 11.8. The Morgan fingerprint density at radius 1 is 1.44 bits per heavy atom. The summed E-state index contributed by atoms with van der Waals surface area (Å²) >= 11 is 0. The normalized spacial score (nSPS) is 10.1. The van der Waals surface area contributed by atoms with Gasteiger partial charge < -0.3 is 15.8 Å². The molecule has 2 aromatic heterocycles. The van der Waals surface area contributed by atoms with Crippen LogP contribution in [0.5, 0.6) is 0 Å². The van der Waals surface area contributed by atoms with Crippen LogP contribution in [0.1, 0.15) is 10.4 Å². The number of anilines is 2. The van der Waals surface area contributed by atoms with Crippen LogP contribution in [-0.4, -0.2) is 39.9 Å². The Bertz CT molecular complexity index is 565. The lowest BCUT2D eigenvalue weighted by molar-refractivity contribution is 0.0603. The largest absolute Gasteiger partial charge is 0.465 e. The lowest BCUT2D eigenvalue weighted by atomic mass is 10.3. The molecule has 0 amide bonds. The van der Waals surface area contributed by atoms with E-state index in [9.17, 15) is 4.79 Å². The molecule has 2 heterocycles. The van der Waals surface area contributed by atoms with Crippen LogP contribution >= 0.6 is 0 Å². The fourth-order valence-corrected chi connectivity index (χ4v) is 1.46. The van der Waals surface area contributed by atoms with Crippen LogP contribution in [0.25, 0.3) is 5.95 Å². The van der Waals surface area contributed by atoms with Crippen molar-refractivity contribution in [1.82, 2.24) is 19.7 Å². The highest BCUT2D eigenvalue weighted by Crippen LogP contribution is 2.23.